The van der Waals surface area contributed by atoms with Crippen molar-refractivity contribution in [2.45, 2.75) is 19.1 Å². The molecule has 1 aliphatic rings. The lowest BCUT2D eigenvalue weighted by Crippen LogP contribution is -2.51. The van der Waals surface area contributed by atoms with Gasteiger partial charge in [-0.05, 0) is 6.92 Å². The van der Waals surface area contributed by atoms with E-state index in [-0.39, 0.29) is 11.9 Å². The first-order valence-corrected chi connectivity index (χ1v) is 3.26. The number of rotatable bonds is 2. The van der Waals surface area contributed by atoms with Crippen LogP contribution in [0.25, 0.3) is 0 Å². The third-order valence-electron chi connectivity index (χ3n) is 1.36. The van der Waals surface area contributed by atoms with Gasteiger partial charge in [-0.3, -0.25) is 4.79 Å². The summed E-state index contributed by atoms with van der Waals surface area (Å²) in [6, 6.07) is 0.113. The second-order valence-corrected chi connectivity index (χ2v) is 2.42. The molecular formula is C6H11NO3. The number of ether oxygens (including phenoxy) is 1. The first-order valence-electron chi connectivity index (χ1n) is 3.26. The summed E-state index contributed by atoms with van der Waals surface area (Å²) in [6.07, 6.45) is -0.916. The van der Waals surface area contributed by atoms with Crippen molar-refractivity contribution in [1.82, 2.24) is 5.32 Å². The number of aliphatic hydroxyl groups is 1. The Morgan fingerprint density at radius 3 is 2.70 bits per heavy atom. The van der Waals surface area contributed by atoms with Gasteiger partial charge in [0.1, 0.15) is 6.10 Å². The standard InChI is InChI=1S/C6H11NO3/c1-4(8)6(9)7-5-2-10-3-5/h4-5,8H,2-3H2,1H3,(H,7,9)/t4-/m1/s1. The van der Waals surface area contributed by atoms with Crippen molar-refractivity contribution >= 4 is 5.91 Å². The minimum absolute atomic E-state index is 0.113. The number of nitrogens with one attached hydrogen (secondary N) is 1. The Balaban J connectivity index is 2.17. The zero-order valence-corrected chi connectivity index (χ0v) is 5.83. The molecule has 1 saturated heterocycles. The molecule has 1 rings (SSSR count). The van der Waals surface area contributed by atoms with E-state index in [2.05, 4.69) is 5.32 Å². The molecule has 1 aliphatic heterocycles. The molecule has 0 unspecified atom stereocenters. The topological polar surface area (TPSA) is 58.6 Å². The van der Waals surface area contributed by atoms with E-state index in [1.807, 2.05) is 0 Å². The fraction of sp³-hybridized carbons (Fsp3) is 0.833. The zero-order chi connectivity index (χ0) is 7.56. The van der Waals surface area contributed by atoms with E-state index in [9.17, 15) is 4.79 Å². The van der Waals surface area contributed by atoms with E-state index < -0.39 is 6.10 Å². The molecule has 1 amide bonds. The Hall–Kier alpha value is -0.610. The van der Waals surface area contributed by atoms with Gasteiger partial charge < -0.3 is 15.2 Å². The molecule has 1 fully saturated rings. The molecular weight excluding hydrogens is 134 g/mol. The van der Waals surface area contributed by atoms with E-state index in [1.165, 1.54) is 6.92 Å². The number of hydrogen-bond donors (Lipinski definition) is 2. The summed E-state index contributed by atoms with van der Waals surface area (Å²) in [6.45, 7) is 2.58. The maximum atomic E-state index is 10.7. The molecule has 0 aliphatic carbocycles. The molecule has 0 spiro atoms. The largest absolute Gasteiger partial charge is 0.384 e. The van der Waals surface area contributed by atoms with Crippen LogP contribution >= 0.6 is 0 Å². The van der Waals surface area contributed by atoms with Crippen molar-refractivity contribution in [1.29, 1.82) is 0 Å². The SMILES string of the molecule is C[C@@H](O)C(=O)NC1COC1. The summed E-state index contributed by atoms with van der Waals surface area (Å²) >= 11 is 0. The molecule has 0 saturated carbocycles. The minimum Gasteiger partial charge on any atom is -0.384 e. The van der Waals surface area contributed by atoms with Gasteiger partial charge in [-0.25, -0.2) is 0 Å². The van der Waals surface area contributed by atoms with Crippen molar-refractivity contribution < 1.29 is 14.6 Å². The summed E-state index contributed by atoms with van der Waals surface area (Å²) in [4.78, 5) is 10.7. The lowest BCUT2D eigenvalue weighted by molar-refractivity contribution is -0.132. The second-order valence-electron chi connectivity index (χ2n) is 2.42. The van der Waals surface area contributed by atoms with E-state index in [1.54, 1.807) is 0 Å². The quantitative estimate of drug-likeness (QED) is 0.517. The first kappa shape index (κ1) is 7.50. The average Bonchev–Trinajstić information content (AvgIpc) is 1.77. The Kier molecular flexibility index (Phi) is 2.24. The minimum atomic E-state index is -0.916. The molecule has 4 nitrogen and oxygen atoms in total. The number of amides is 1. The summed E-state index contributed by atoms with van der Waals surface area (Å²) in [5.41, 5.74) is 0. The molecule has 1 heterocycles. The van der Waals surface area contributed by atoms with E-state index in [0.29, 0.717) is 13.2 Å². The molecule has 0 aromatic rings. The predicted octanol–water partition coefficient (Wildman–Crippen LogP) is -1.12. The van der Waals surface area contributed by atoms with E-state index in [4.69, 9.17) is 9.84 Å². The lowest BCUT2D eigenvalue weighted by atomic mass is 10.2. The van der Waals surface area contributed by atoms with Crippen molar-refractivity contribution in [3.05, 3.63) is 0 Å². The predicted molar refractivity (Wildman–Crippen MR) is 34.4 cm³/mol. The molecule has 2 N–H and O–H groups in total. The van der Waals surface area contributed by atoms with Gasteiger partial charge in [-0.2, -0.15) is 0 Å². The van der Waals surface area contributed by atoms with Crippen LogP contribution in [0, 0.1) is 0 Å². The van der Waals surface area contributed by atoms with Crippen molar-refractivity contribution in [3.63, 3.8) is 0 Å². The number of hydrogen-bond acceptors (Lipinski definition) is 3. The normalized spacial score (nSPS) is 21.4. The Bertz CT molecular complexity index is 131. The summed E-state index contributed by atoms with van der Waals surface area (Å²) in [7, 11) is 0. The Morgan fingerprint density at radius 1 is 1.80 bits per heavy atom. The molecule has 1 atom stereocenters. The van der Waals surface area contributed by atoms with Gasteiger partial charge in [-0.1, -0.05) is 0 Å². The van der Waals surface area contributed by atoms with Gasteiger partial charge in [0.2, 0.25) is 5.91 Å². The molecule has 58 valence electrons. The van der Waals surface area contributed by atoms with Gasteiger partial charge in [0.05, 0.1) is 19.3 Å². The third-order valence-corrected chi connectivity index (χ3v) is 1.36. The van der Waals surface area contributed by atoms with Gasteiger partial charge >= 0.3 is 0 Å². The number of carbonyl (C=O) groups excluding carboxylic acids is 1. The van der Waals surface area contributed by atoms with Gasteiger partial charge in [0.15, 0.2) is 0 Å². The highest BCUT2D eigenvalue weighted by molar-refractivity contribution is 5.80. The maximum absolute atomic E-state index is 10.7. The van der Waals surface area contributed by atoms with Crippen LogP contribution in [0.4, 0.5) is 0 Å². The zero-order valence-electron chi connectivity index (χ0n) is 5.83. The van der Waals surface area contributed by atoms with Crippen molar-refractivity contribution in [2.24, 2.45) is 0 Å². The van der Waals surface area contributed by atoms with Crippen LogP contribution in [0.15, 0.2) is 0 Å². The molecule has 0 aromatic carbocycles. The molecule has 4 heteroatoms. The highest BCUT2D eigenvalue weighted by Crippen LogP contribution is 1.99. The second kappa shape index (κ2) is 2.98. The fourth-order valence-corrected chi connectivity index (χ4v) is 0.641. The van der Waals surface area contributed by atoms with Crippen molar-refractivity contribution in [3.8, 4) is 0 Å². The number of carbonyl (C=O) groups is 1. The maximum Gasteiger partial charge on any atom is 0.248 e. The van der Waals surface area contributed by atoms with Crippen LogP contribution in [-0.4, -0.2) is 36.4 Å². The van der Waals surface area contributed by atoms with Crippen LogP contribution in [0.1, 0.15) is 6.92 Å². The van der Waals surface area contributed by atoms with Crippen LogP contribution in [0.3, 0.4) is 0 Å². The lowest BCUT2D eigenvalue weighted by Gasteiger charge is -2.27. The van der Waals surface area contributed by atoms with Crippen molar-refractivity contribution in [2.75, 3.05) is 13.2 Å². The smallest absolute Gasteiger partial charge is 0.248 e. The van der Waals surface area contributed by atoms with Crippen LogP contribution in [0.2, 0.25) is 0 Å². The first-order chi connectivity index (χ1) is 4.70. The third kappa shape index (κ3) is 1.68. The van der Waals surface area contributed by atoms with Crippen LogP contribution < -0.4 is 5.32 Å². The highest BCUT2D eigenvalue weighted by atomic mass is 16.5. The number of aliphatic hydroxyl groups excluding tert-OH is 1. The van der Waals surface area contributed by atoms with E-state index in [0.717, 1.165) is 0 Å². The average molecular weight is 145 g/mol. The van der Waals surface area contributed by atoms with Gasteiger partial charge in [0, 0.05) is 0 Å². The van der Waals surface area contributed by atoms with Crippen LogP contribution in [0.5, 0.6) is 0 Å². The summed E-state index contributed by atoms with van der Waals surface area (Å²) in [5, 5.41) is 11.3. The molecule has 0 radical (unpaired) electrons. The van der Waals surface area contributed by atoms with E-state index >= 15 is 0 Å². The molecule has 10 heavy (non-hydrogen) atoms. The Labute approximate surface area is 59.2 Å². The van der Waals surface area contributed by atoms with Crippen LogP contribution in [-0.2, 0) is 9.53 Å². The van der Waals surface area contributed by atoms with Gasteiger partial charge in [0.25, 0.3) is 0 Å². The summed E-state index contributed by atoms with van der Waals surface area (Å²) in [5.74, 6) is -0.326. The fourth-order valence-electron chi connectivity index (χ4n) is 0.641. The molecule has 0 aromatic heterocycles. The Morgan fingerprint density at radius 2 is 2.40 bits per heavy atom. The monoisotopic (exact) mass is 145 g/mol. The molecule has 0 bridgehead atoms. The highest BCUT2D eigenvalue weighted by Gasteiger charge is 2.21. The van der Waals surface area contributed by atoms with Gasteiger partial charge in [-0.15, -0.1) is 0 Å². The summed E-state index contributed by atoms with van der Waals surface area (Å²) < 4.78 is 4.82.